The number of carbonyl (C=O) groups is 1. The largest absolute Gasteiger partial charge is 0.481 e. The highest BCUT2D eigenvalue weighted by Crippen LogP contribution is 1.82. The summed E-state index contributed by atoms with van der Waals surface area (Å²) in [6.07, 6.45) is 1.02. The van der Waals surface area contributed by atoms with Crippen LogP contribution in [0.3, 0.4) is 0 Å². The van der Waals surface area contributed by atoms with E-state index in [0.29, 0.717) is 6.42 Å². The maximum atomic E-state index is 9.60. The molecule has 0 spiro atoms. The van der Waals surface area contributed by atoms with Crippen molar-refractivity contribution in [2.75, 3.05) is 0 Å². The van der Waals surface area contributed by atoms with Crippen LogP contribution in [0.4, 0.5) is 0 Å². The van der Waals surface area contributed by atoms with Crippen molar-refractivity contribution in [2.45, 2.75) is 19.8 Å². The van der Waals surface area contributed by atoms with Gasteiger partial charge in [-0.1, -0.05) is 6.92 Å². The Bertz CT molecular complexity index is 52.0. The lowest BCUT2D eigenvalue weighted by atomic mass is 10.4. The van der Waals surface area contributed by atoms with Crippen LogP contribution in [0.5, 0.6) is 0 Å². The summed E-state index contributed by atoms with van der Waals surface area (Å²) in [5.41, 5.74) is 0. The summed E-state index contributed by atoms with van der Waals surface area (Å²) in [7, 11) is 0. The van der Waals surface area contributed by atoms with Crippen molar-refractivity contribution in [1.29, 1.82) is 0 Å². The maximum Gasteiger partial charge on any atom is 0.303 e. The molecule has 8 heavy (non-hydrogen) atoms. The number of hydrogen-bond acceptors (Lipinski definition) is 3. The van der Waals surface area contributed by atoms with Gasteiger partial charge in [-0.15, -0.1) is 0 Å². The smallest absolute Gasteiger partial charge is 0.303 e. The molecule has 0 aromatic rings. The predicted molar refractivity (Wildman–Crippen MR) is 27.8 cm³/mol. The summed E-state index contributed by atoms with van der Waals surface area (Å²) < 4.78 is 0. The van der Waals surface area contributed by atoms with Gasteiger partial charge >= 0.3 is 5.97 Å². The third-order valence-electron chi connectivity index (χ3n) is 0.464. The standard InChI is InChI=1S/C4H8O2.H2O2/c1-2-3-4(5)6;1-2/h2-3H2,1H3,(H,5,6);1-2H. The first kappa shape index (κ1) is 10.4. The van der Waals surface area contributed by atoms with Gasteiger partial charge in [-0.05, 0) is 6.42 Å². The average Bonchev–Trinajstić information content (AvgIpc) is 1.72. The molecule has 50 valence electrons. The summed E-state index contributed by atoms with van der Waals surface area (Å²) >= 11 is 0. The Labute approximate surface area is 47.3 Å². The minimum Gasteiger partial charge on any atom is -0.481 e. The SMILES string of the molecule is CCCC(=O)O.OO. The first-order valence-corrected chi connectivity index (χ1v) is 2.19. The molecule has 0 fully saturated rings. The van der Waals surface area contributed by atoms with E-state index in [4.69, 9.17) is 15.6 Å². The van der Waals surface area contributed by atoms with Crippen LogP contribution in [0.1, 0.15) is 19.8 Å². The van der Waals surface area contributed by atoms with E-state index >= 15 is 0 Å². The van der Waals surface area contributed by atoms with Crippen molar-refractivity contribution in [2.24, 2.45) is 0 Å². The summed E-state index contributed by atoms with van der Waals surface area (Å²) in [5.74, 6) is -0.711. The van der Waals surface area contributed by atoms with Crippen LogP contribution >= 0.6 is 0 Å². The van der Waals surface area contributed by atoms with E-state index in [9.17, 15) is 4.79 Å². The van der Waals surface area contributed by atoms with E-state index in [-0.39, 0.29) is 0 Å². The Morgan fingerprint density at radius 3 is 1.88 bits per heavy atom. The van der Waals surface area contributed by atoms with Crippen molar-refractivity contribution < 1.29 is 20.4 Å². The van der Waals surface area contributed by atoms with Crippen molar-refractivity contribution in [3.63, 3.8) is 0 Å². The van der Waals surface area contributed by atoms with Gasteiger partial charge in [0.15, 0.2) is 0 Å². The number of hydrogen-bond donors (Lipinski definition) is 3. The van der Waals surface area contributed by atoms with E-state index in [0.717, 1.165) is 6.42 Å². The minimum absolute atomic E-state index is 0.292. The fourth-order valence-electron chi connectivity index (χ4n) is 0.214. The Morgan fingerprint density at radius 2 is 1.88 bits per heavy atom. The number of rotatable bonds is 2. The van der Waals surface area contributed by atoms with E-state index < -0.39 is 5.97 Å². The Kier molecular flexibility index (Phi) is 12.5. The van der Waals surface area contributed by atoms with Gasteiger partial charge in [-0.2, -0.15) is 0 Å². The highest BCUT2D eigenvalue weighted by atomic mass is 17.0. The van der Waals surface area contributed by atoms with Gasteiger partial charge in [0.05, 0.1) is 0 Å². The second-order valence-electron chi connectivity index (χ2n) is 1.14. The molecule has 0 rings (SSSR count). The number of aliphatic carboxylic acids is 1. The summed E-state index contributed by atoms with van der Waals surface area (Å²) in [5, 5.41) is 19.9. The molecule has 0 radical (unpaired) electrons. The van der Waals surface area contributed by atoms with Crippen LogP contribution in [0.15, 0.2) is 0 Å². The summed E-state index contributed by atoms with van der Waals surface area (Å²) in [6.45, 7) is 1.84. The fourth-order valence-corrected chi connectivity index (χ4v) is 0.214. The number of carboxylic acid groups (broad SMARTS) is 1. The normalized spacial score (nSPS) is 6.88. The molecule has 0 aliphatic heterocycles. The molecule has 0 aliphatic rings. The van der Waals surface area contributed by atoms with E-state index in [1.807, 2.05) is 6.92 Å². The lowest BCUT2D eigenvalue weighted by Crippen LogP contribution is -1.90. The zero-order chi connectivity index (χ0) is 6.99. The quantitative estimate of drug-likeness (QED) is 0.375. The van der Waals surface area contributed by atoms with Gasteiger partial charge in [0.25, 0.3) is 0 Å². The monoisotopic (exact) mass is 122 g/mol. The molecule has 0 atom stereocenters. The zero-order valence-electron chi connectivity index (χ0n) is 4.66. The van der Waals surface area contributed by atoms with Gasteiger partial charge in [-0.25, -0.2) is 0 Å². The van der Waals surface area contributed by atoms with Crippen LogP contribution in [-0.2, 0) is 4.79 Å². The molecule has 0 unspecified atom stereocenters. The number of carboxylic acids is 1. The van der Waals surface area contributed by atoms with Crippen LogP contribution in [0.25, 0.3) is 0 Å². The molecule has 0 aliphatic carbocycles. The van der Waals surface area contributed by atoms with E-state index in [2.05, 4.69) is 0 Å². The van der Waals surface area contributed by atoms with Crippen molar-refractivity contribution >= 4 is 5.97 Å². The molecule has 0 aromatic heterocycles. The molecule has 0 saturated heterocycles. The Morgan fingerprint density at radius 1 is 1.50 bits per heavy atom. The summed E-state index contributed by atoms with van der Waals surface area (Å²) in [6, 6.07) is 0. The lowest BCUT2D eigenvalue weighted by molar-refractivity contribution is -0.176. The van der Waals surface area contributed by atoms with E-state index in [1.54, 1.807) is 0 Å². The molecule has 0 aromatic carbocycles. The van der Waals surface area contributed by atoms with Crippen LogP contribution in [-0.4, -0.2) is 21.6 Å². The first-order chi connectivity index (χ1) is 3.77. The van der Waals surface area contributed by atoms with Gasteiger partial charge in [0, 0.05) is 6.42 Å². The minimum atomic E-state index is -0.711. The molecule has 4 nitrogen and oxygen atoms in total. The molecule has 0 saturated carbocycles. The predicted octanol–water partition coefficient (Wildman–Crippen LogP) is 0.889. The van der Waals surface area contributed by atoms with Gasteiger partial charge < -0.3 is 5.11 Å². The molecule has 3 N–H and O–H groups in total. The van der Waals surface area contributed by atoms with Crippen molar-refractivity contribution in [3.05, 3.63) is 0 Å². The molecular weight excluding hydrogens is 112 g/mol. The van der Waals surface area contributed by atoms with Gasteiger partial charge in [0.1, 0.15) is 0 Å². The van der Waals surface area contributed by atoms with Gasteiger partial charge in [0.2, 0.25) is 0 Å². The highest BCUT2D eigenvalue weighted by Gasteiger charge is 1.87. The third kappa shape index (κ3) is 18.2. The Hall–Kier alpha value is -0.610. The summed E-state index contributed by atoms with van der Waals surface area (Å²) in [4.78, 5) is 9.60. The second kappa shape index (κ2) is 9.63. The van der Waals surface area contributed by atoms with Crippen molar-refractivity contribution in [3.8, 4) is 0 Å². The molecule has 4 heteroatoms. The van der Waals surface area contributed by atoms with Crippen LogP contribution < -0.4 is 0 Å². The fraction of sp³-hybridized carbons (Fsp3) is 0.750. The van der Waals surface area contributed by atoms with Gasteiger partial charge in [-0.3, -0.25) is 15.3 Å². The molecule has 0 heterocycles. The Balaban J connectivity index is 0. The second-order valence-corrected chi connectivity index (χ2v) is 1.14. The van der Waals surface area contributed by atoms with E-state index in [1.165, 1.54) is 0 Å². The molecule has 0 bridgehead atoms. The third-order valence-corrected chi connectivity index (χ3v) is 0.464. The van der Waals surface area contributed by atoms with Crippen LogP contribution in [0, 0.1) is 0 Å². The lowest BCUT2D eigenvalue weighted by Gasteiger charge is -1.79. The van der Waals surface area contributed by atoms with Crippen LogP contribution in [0.2, 0.25) is 0 Å². The first-order valence-electron chi connectivity index (χ1n) is 2.19. The maximum absolute atomic E-state index is 9.60. The zero-order valence-corrected chi connectivity index (χ0v) is 4.66. The van der Waals surface area contributed by atoms with Crippen molar-refractivity contribution in [1.82, 2.24) is 0 Å². The molecular formula is C4H10O4. The topological polar surface area (TPSA) is 77.8 Å². The molecule has 0 amide bonds. The highest BCUT2D eigenvalue weighted by molar-refractivity contribution is 5.66. The average molecular weight is 122 g/mol.